The van der Waals surface area contributed by atoms with E-state index < -0.39 is 0 Å². The van der Waals surface area contributed by atoms with Crippen LogP contribution >= 0.6 is 0 Å². The van der Waals surface area contributed by atoms with Crippen LogP contribution in [0.5, 0.6) is 0 Å². The summed E-state index contributed by atoms with van der Waals surface area (Å²) < 4.78 is 0. The van der Waals surface area contributed by atoms with Gasteiger partial charge in [-0.15, -0.1) is 0 Å². The van der Waals surface area contributed by atoms with Crippen molar-refractivity contribution in [1.82, 2.24) is 0 Å². The number of hydrogen-bond acceptors (Lipinski definition) is 3. The highest BCUT2D eigenvalue weighted by Gasteiger charge is 2.21. The van der Waals surface area contributed by atoms with Crippen molar-refractivity contribution < 1.29 is 0 Å². The highest BCUT2D eigenvalue weighted by molar-refractivity contribution is 6.13. The molecule has 11 aromatic rings. The smallest absolute Gasteiger partial charge is 0.0540 e. The molecule has 0 amide bonds. The second kappa shape index (κ2) is 18.7. The van der Waals surface area contributed by atoms with Crippen molar-refractivity contribution in [3.63, 3.8) is 0 Å². The minimum absolute atomic E-state index is 1.07. The lowest BCUT2D eigenvalue weighted by Gasteiger charge is -2.29. The van der Waals surface area contributed by atoms with Crippen LogP contribution in [-0.2, 0) is 0 Å². The lowest BCUT2D eigenvalue weighted by molar-refractivity contribution is 1.26. The predicted octanol–water partition coefficient (Wildman–Crippen LogP) is 18.2. The molecule has 0 aliphatic carbocycles. The molecule has 318 valence electrons. The number of para-hydroxylation sites is 4. The number of nitrogens with zero attached hydrogens (tertiary/aromatic N) is 3. The average molecular weight is 858 g/mol. The second-order valence-electron chi connectivity index (χ2n) is 16.6. The fourth-order valence-corrected chi connectivity index (χ4v) is 9.28. The lowest BCUT2D eigenvalue weighted by Crippen LogP contribution is -2.12. The van der Waals surface area contributed by atoms with Crippen LogP contribution in [0.25, 0.3) is 44.8 Å². The van der Waals surface area contributed by atoms with E-state index in [-0.39, 0.29) is 0 Å². The molecule has 0 heterocycles. The van der Waals surface area contributed by atoms with Gasteiger partial charge in [-0.2, -0.15) is 0 Å². The molecule has 0 fully saturated rings. The molecule has 0 aromatic heterocycles. The number of anilines is 9. The standard InChI is InChI=1S/C64H47N3/c1-6-20-48(21-7-1)34-35-49-36-38-54(39-37-49)65(50-22-8-2-9-23-50)55-40-42-56(43-41-55)67(53-28-14-5-15-29-53)64-47-45-60(58-31-17-19-33-62(58)64)59-44-46-63(61-32-18-16-30-57(59)61)66(51-24-10-3-11-25-51)52-26-12-4-13-27-52/h1-47H. The van der Waals surface area contributed by atoms with Gasteiger partial charge in [0.2, 0.25) is 0 Å². The van der Waals surface area contributed by atoms with Crippen molar-refractivity contribution in [1.29, 1.82) is 0 Å². The zero-order valence-corrected chi connectivity index (χ0v) is 37.0. The highest BCUT2D eigenvalue weighted by atomic mass is 15.2. The zero-order chi connectivity index (χ0) is 44.8. The Bertz CT molecular complexity index is 3390. The summed E-state index contributed by atoms with van der Waals surface area (Å²) in [6.07, 6.45) is 4.32. The van der Waals surface area contributed by atoms with Crippen LogP contribution in [0.3, 0.4) is 0 Å². The molecule has 0 saturated heterocycles. The van der Waals surface area contributed by atoms with Gasteiger partial charge in [-0.25, -0.2) is 0 Å². The van der Waals surface area contributed by atoms with Crippen LogP contribution in [0.15, 0.2) is 273 Å². The van der Waals surface area contributed by atoms with Crippen LogP contribution in [0.4, 0.5) is 51.2 Å². The first-order valence-electron chi connectivity index (χ1n) is 22.8. The Morgan fingerprint density at radius 1 is 0.194 bits per heavy atom. The molecule has 0 atom stereocenters. The van der Waals surface area contributed by atoms with E-state index in [0.29, 0.717) is 0 Å². The van der Waals surface area contributed by atoms with Crippen LogP contribution in [0.2, 0.25) is 0 Å². The van der Waals surface area contributed by atoms with Crippen molar-refractivity contribution >= 4 is 84.9 Å². The van der Waals surface area contributed by atoms with Gasteiger partial charge in [0.15, 0.2) is 0 Å². The summed E-state index contributed by atoms with van der Waals surface area (Å²) >= 11 is 0. The summed E-state index contributed by atoms with van der Waals surface area (Å²) in [6, 6.07) is 97.6. The van der Waals surface area contributed by atoms with E-state index in [1.165, 1.54) is 38.2 Å². The molecule has 0 spiro atoms. The van der Waals surface area contributed by atoms with Crippen molar-refractivity contribution in [3.8, 4) is 11.1 Å². The largest absolute Gasteiger partial charge is 0.311 e. The Hall–Kier alpha value is -8.92. The SMILES string of the molecule is C(=Cc1ccc(N(c2ccccc2)c2ccc(N(c3ccccc3)c3ccc(-c4ccc(N(c5ccccc5)c5ccccc5)c5ccccc45)c4ccccc34)cc2)cc1)c1ccccc1. The summed E-state index contributed by atoms with van der Waals surface area (Å²) in [5, 5.41) is 4.75. The van der Waals surface area contributed by atoms with E-state index in [1.807, 2.05) is 6.07 Å². The fraction of sp³-hybridized carbons (Fsp3) is 0. The summed E-state index contributed by atoms with van der Waals surface area (Å²) in [7, 11) is 0. The number of hydrogen-bond donors (Lipinski definition) is 0. The normalized spacial score (nSPS) is 11.2. The van der Waals surface area contributed by atoms with Gasteiger partial charge in [-0.05, 0) is 130 Å². The Morgan fingerprint density at radius 3 is 0.851 bits per heavy atom. The van der Waals surface area contributed by atoms with E-state index in [9.17, 15) is 0 Å². The van der Waals surface area contributed by atoms with Gasteiger partial charge in [0.1, 0.15) is 0 Å². The van der Waals surface area contributed by atoms with E-state index in [1.54, 1.807) is 0 Å². The molecule has 0 saturated carbocycles. The van der Waals surface area contributed by atoms with Gasteiger partial charge < -0.3 is 14.7 Å². The Labute approximate surface area is 393 Å². The van der Waals surface area contributed by atoms with E-state index in [4.69, 9.17) is 0 Å². The Morgan fingerprint density at radius 2 is 0.463 bits per heavy atom. The van der Waals surface area contributed by atoms with E-state index >= 15 is 0 Å². The molecular weight excluding hydrogens is 811 g/mol. The van der Waals surface area contributed by atoms with Crippen LogP contribution in [0, 0.1) is 0 Å². The van der Waals surface area contributed by atoms with Crippen molar-refractivity contribution in [2.45, 2.75) is 0 Å². The third-order valence-corrected chi connectivity index (χ3v) is 12.4. The number of rotatable bonds is 12. The monoisotopic (exact) mass is 857 g/mol. The zero-order valence-electron chi connectivity index (χ0n) is 37.0. The molecule has 67 heavy (non-hydrogen) atoms. The molecule has 0 N–H and O–H groups in total. The molecule has 3 nitrogen and oxygen atoms in total. The van der Waals surface area contributed by atoms with Crippen molar-refractivity contribution in [2.75, 3.05) is 14.7 Å². The minimum Gasteiger partial charge on any atom is -0.311 e. The molecule has 0 bridgehead atoms. The predicted molar refractivity (Wildman–Crippen MR) is 286 cm³/mol. The molecule has 11 rings (SSSR count). The van der Waals surface area contributed by atoms with Crippen molar-refractivity contribution in [3.05, 3.63) is 284 Å². The maximum absolute atomic E-state index is 2.38. The Kier molecular flexibility index (Phi) is 11.4. The topological polar surface area (TPSA) is 9.72 Å². The molecule has 0 aliphatic rings. The third kappa shape index (κ3) is 8.34. The van der Waals surface area contributed by atoms with Gasteiger partial charge >= 0.3 is 0 Å². The minimum atomic E-state index is 1.07. The molecule has 3 heteroatoms. The summed E-state index contributed by atoms with van der Waals surface area (Å²) in [5.41, 5.74) is 14.6. The first kappa shape index (κ1) is 40.8. The molecule has 0 unspecified atom stereocenters. The number of benzene rings is 11. The molecule has 0 aliphatic heterocycles. The molecule has 0 radical (unpaired) electrons. The van der Waals surface area contributed by atoms with Crippen molar-refractivity contribution in [2.24, 2.45) is 0 Å². The van der Waals surface area contributed by atoms with Gasteiger partial charge in [-0.1, -0.05) is 188 Å². The average Bonchev–Trinajstić information content (AvgIpc) is 3.41. The maximum atomic E-state index is 2.38. The molecular formula is C64H47N3. The fourth-order valence-electron chi connectivity index (χ4n) is 9.28. The van der Waals surface area contributed by atoms with E-state index in [0.717, 1.165) is 56.7 Å². The van der Waals surface area contributed by atoms with Crippen LogP contribution in [-0.4, -0.2) is 0 Å². The van der Waals surface area contributed by atoms with Gasteiger partial charge in [-0.3, -0.25) is 0 Å². The highest BCUT2D eigenvalue weighted by Crippen LogP contribution is 2.46. The van der Waals surface area contributed by atoms with Gasteiger partial charge in [0.05, 0.1) is 11.4 Å². The third-order valence-electron chi connectivity index (χ3n) is 12.4. The van der Waals surface area contributed by atoms with E-state index in [2.05, 4.69) is 294 Å². The maximum Gasteiger partial charge on any atom is 0.0540 e. The van der Waals surface area contributed by atoms with Gasteiger partial charge in [0, 0.05) is 50.6 Å². The van der Waals surface area contributed by atoms with Crippen LogP contribution < -0.4 is 14.7 Å². The van der Waals surface area contributed by atoms with Gasteiger partial charge in [0.25, 0.3) is 0 Å². The quantitative estimate of drug-likeness (QED) is 0.113. The summed E-state index contributed by atoms with van der Waals surface area (Å²) in [5.74, 6) is 0. The second-order valence-corrected chi connectivity index (χ2v) is 16.6. The van der Waals surface area contributed by atoms with Crippen LogP contribution in [0.1, 0.15) is 11.1 Å². The Balaban J connectivity index is 0.988. The summed E-state index contributed by atoms with van der Waals surface area (Å²) in [4.78, 5) is 7.06. The first-order valence-corrected chi connectivity index (χ1v) is 22.8. The number of fused-ring (bicyclic) bond motifs is 2. The lowest BCUT2D eigenvalue weighted by atomic mass is 9.92. The molecule has 11 aromatic carbocycles. The summed E-state index contributed by atoms with van der Waals surface area (Å²) in [6.45, 7) is 0. The first-order chi connectivity index (χ1) is 33.3.